The smallest absolute Gasteiger partial charge is 0.387 e. The molecule has 3 aromatic rings. The molecule has 2 N–H and O–H groups in total. The number of nitrogens with one attached hydrogen (secondary N) is 2. The van der Waals surface area contributed by atoms with E-state index in [1.165, 1.54) is 30.6 Å². The van der Waals surface area contributed by atoms with Crippen LogP contribution in [0.4, 0.5) is 14.5 Å². The highest BCUT2D eigenvalue weighted by Crippen LogP contribution is 2.29. The first-order valence-corrected chi connectivity index (χ1v) is 10.2. The third-order valence-electron chi connectivity index (χ3n) is 4.31. The lowest BCUT2D eigenvalue weighted by atomic mass is 10.1. The first kappa shape index (κ1) is 22.2. The second kappa shape index (κ2) is 10.5. The topological polar surface area (TPSA) is 76.7 Å². The van der Waals surface area contributed by atoms with Gasteiger partial charge in [-0.05, 0) is 47.7 Å². The molecular weight excluding hydrogens is 426 g/mol. The summed E-state index contributed by atoms with van der Waals surface area (Å²) in [5.41, 5.74) is 1.41. The summed E-state index contributed by atoms with van der Waals surface area (Å²) in [6.45, 7) is -2.71. The van der Waals surface area contributed by atoms with Gasteiger partial charge in [0.2, 0.25) is 0 Å². The molecule has 1 heterocycles. The molecule has 9 heteroatoms. The predicted molar refractivity (Wildman–Crippen MR) is 114 cm³/mol. The number of anilines is 1. The molecule has 0 aliphatic rings. The molecule has 0 saturated heterocycles. The minimum Gasteiger partial charge on any atom is -0.493 e. The van der Waals surface area contributed by atoms with Crippen LogP contribution in [-0.2, 0) is 6.42 Å². The Morgan fingerprint density at radius 3 is 2.55 bits per heavy atom. The molecule has 0 spiro atoms. The van der Waals surface area contributed by atoms with E-state index in [1.54, 1.807) is 47.8 Å². The number of hydrogen-bond donors (Lipinski definition) is 2. The fourth-order valence-electron chi connectivity index (χ4n) is 2.86. The van der Waals surface area contributed by atoms with Crippen LogP contribution < -0.4 is 20.1 Å². The van der Waals surface area contributed by atoms with Crippen LogP contribution >= 0.6 is 11.3 Å². The molecular formula is C22H20F2N2O4S. The number of benzene rings is 2. The minimum atomic E-state index is -2.97. The van der Waals surface area contributed by atoms with E-state index >= 15 is 0 Å². The lowest BCUT2D eigenvalue weighted by molar-refractivity contribution is -0.0512. The van der Waals surface area contributed by atoms with Gasteiger partial charge < -0.3 is 20.1 Å². The molecule has 0 fully saturated rings. The fraction of sp³-hybridized carbons (Fsp3) is 0.182. The molecule has 0 unspecified atom stereocenters. The van der Waals surface area contributed by atoms with Crippen molar-refractivity contribution in [2.75, 3.05) is 19.0 Å². The Hall–Kier alpha value is -3.46. The number of thiophene rings is 1. The van der Waals surface area contributed by atoms with E-state index < -0.39 is 6.61 Å². The molecule has 0 saturated carbocycles. The van der Waals surface area contributed by atoms with Gasteiger partial charge in [0.15, 0.2) is 11.5 Å². The van der Waals surface area contributed by atoms with Crippen molar-refractivity contribution in [3.8, 4) is 11.5 Å². The number of methoxy groups -OCH3 is 1. The van der Waals surface area contributed by atoms with E-state index in [0.717, 1.165) is 0 Å². The molecule has 0 aliphatic heterocycles. The van der Waals surface area contributed by atoms with Crippen molar-refractivity contribution in [3.05, 3.63) is 76.0 Å². The molecule has 0 atom stereocenters. The van der Waals surface area contributed by atoms with Gasteiger partial charge in [0.1, 0.15) is 0 Å². The Kier molecular flexibility index (Phi) is 7.55. The third-order valence-corrected chi connectivity index (χ3v) is 5.18. The van der Waals surface area contributed by atoms with Gasteiger partial charge in [0, 0.05) is 6.54 Å². The highest BCUT2D eigenvalue weighted by atomic mass is 32.1. The van der Waals surface area contributed by atoms with Crippen molar-refractivity contribution in [1.29, 1.82) is 0 Å². The maximum absolute atomic E-state index is 12.6. The van der Waals surface area contributed by atoms with Gasteiger partial charge in [-0.2, -0.15) is 8.78 Å². The van der Waals surface area contributed by atoms with Crippen LogP contribution in [0.25, 0.3) is 0 Å². The number of ether oxygens (including phenoxy) is 2. The maximum atomic E-state index is 12.6. The summed E-state index contributed by atoms with van der Waals surface area (Å²) < 4.78 is 34.6. The molecule has 2 aromatic carbocycles. The molecule has 31 heavy (non-hydrogen) atoms. The van der Waals surface area contributed by atoms with Crippen LogP contribution in [0.5, 0.6) is 11.5 Å². The zero-order valence-electron chi connectivity index (χ0n) is 16.6. The lowest BCUT2D eigenvalue weighted by Gasteiger charge is -2.13. The average molecular weight is 446 g/mol. The van der Waals surface area contributed by atoms with Crippen LogP contribution in [0.3, 0.4) is 0 Å². The zero-order valence-corrected chi connectivity index (χ0v) is 17.4. The second-order valence-electron chi connectivity index (χ2n) is 6.35. The van der Waals surface area contributed by atoms with Crippen molar-refractivity contribution in [1.82, 2.24) is 5.32 Å². The number of carbonyl (C=O) groups is 2. The van der Waals surface area contributed by atoms with Gasteiger partial charge >= 0.3 is 6.61 Å². The van der Waals surface area contributed by atoms with Crippen molar-refractivity contribution in [2.24, 2.45) is 0 Å². The predicted octanol–water partition coefficient (Wildman–Crippen LogP) is 4.58. The fourth-order valence-corrected chi connectivity index (χ4v) is 3.48. The van der Waals surface area contributed by atoms with Crippen LogP contribution in [-0.4, -0.2) is 32.1 Å². The van der Waals surface area contributed by atoms with Crippen molar-refractivity contribution >= 4 is 28.8 Å². The summed E-state index contributed by atoms with van der Waals surface area (Å²) in [4.78, 5) is 25.5. The monoisotopic (exact) mass is 446 g/mol. The van der Waals surface area contributed by atoms with Crippen molar-refractivity contribution in [3.63, 3.8) is 0 Å². The number of halogens is 2. The number of amides is 2. The summed E-state index contributed by atoms with van der Waals surface area (Å²) >= 11 is 1.30. The lowest BCUT2D eigenvalue weighted by Crippen LogP contribution is -2.27. The molecule has 0 aliphatic carbocycles. The van der Waals surface area contributed by atoms with E-state index in [-0.39, 0.29) is 29.9 Å². The molecule has 6 nitrogen and oxygen atoms in total. The zero-order chi connectivity index (χ0) is 22.2. The first-order chi connectivity index (χ1) is 15.0. The van der Waals surface area contributed by atoms with Gasteiger partial charge in [-0.25, -0.2) is 0 Å². The molecule has 3 rings (SSSR count). The van der Waals surface area contributed by atoms with E-state index in [4.69, 9.17) is 4.74 Å². The Balaban J connectivity index is 1.62. The SMILES string of the molecule is COc1ccc(CCNC(=O)c2ccccc2NC(=O)c2cccs2)cc1OC(F)F. The molecule has 0 bridgehead atoms. The first-order valence-electron chi connectivity index (χ1n) is 9.31. The van der Waals surface area contributed by atoms with Crippen molar-refractivity contribution in [2.45, 2.75) is 13.0 Å². The maximum Gasteiger partial charge on any atom is 0.387 e. The van der Waals surface area contributed by atoms with Crippen LogP contribution in [0.2, 0.25) is 0 Å². The highest BCUT2D eigenvalue weighted by molar-refractivity contribution is 7.12. The van der Waals surface area contributed by atoms with Gasteiger partial charge in [-0.1, -0.05) is 24.3 Å². The number of para-hydroxylation sites is 1. The number of alkyl halides is 2. The third kappa shape index (κ3) is 6.02. The number of rotatable bonds is 9. The standard InChI is InChI=1S/C22H20F2N2O4S/c1-29-17-9-8-14(13-18(17)30-22(23)24)10-11-25-20(27)15-5-2-3-6-16(15)26-21(28)19-7-4-12-31-19/h2-9,12-13,22H,10-11H2,1H3,(H,25,27)(H,26,28). The summed E-state index contributed by atoms with van der Waals surface area (Å²) in [5, 5.41) is 7.32. The number of carbonyl (C=O) groups excluding carboxylic acids is 2. The van der Waals surface area contributed by atoms with E-state index in [9.17, 15) is 18.4 Å². The number of hydrogen-bond acceptors (Lipinski definition) is 5. The van der Waals surface area contributed by atoms with E-state index in [0.29, 0.717) is 28.1 Å². The molecule has 0 radical (unpaired) electrons. The highest BCUT2D eigenvalue weighted by Gasteiger charge is 2.15. The van der Waals surface area contributed by atoms with Crippen LogP contribution in [0.15, 0.2) is 60.0 Å². The van der Waals surface area contributed by atoms with Gasteiger partial charge in [-0.3, -0.25) is 9.59 Å². The normalized spacial score (nSPS) is 10.6. The summed E-state index contributed by atoms with van der Waals surface area (Å²) in [5.74, 6) is -0.522. The molecule has 162 valence electrons. The van der Waals surface area contributed by atoms with Gasteiger partial charge in [-0.15, -0.1) is 11.3 Å². The van der Waals surface area contributed by atoms with E-state index in [2.05, 4.69) is 15.4 Å². The Bertz CT molecular complexity index is 1040. The quantitative estimate of drug-likeness (QED) is 0.504. The Labute approximate surface area is 181 Å². The Morgan fingerprint density at radius 1 is 1.03 bits per heavy atom. The summed E-state index contributed by atoms with van der Waals surface area (Å²) in [6, 6.07) is 14.9. The summed E-state index contributed by atoms with van der Waals surface area (Å²) in [6.07, 6.45) is 0.388. The Morgan fingerprint density at radius 2 is 1.84 bits per heavy atom. The molecule has 1 aromatic heterocycles. The van der Waals surface area contributed by atoms with Crippen molar-refractivity contribution < 1.29 is 27.8 Å². The van der Waals surface area contributed by atoms with Crippen LogP contribution in [0, 0.1) is 0 Å². The minimum absolute atomic E-state index is 0.0667. The second-order valence-corrected chi connectivity index (χ2v) is 7.29. The van der Waals surface area contributed by atoms with Gasteiger partial charge in [0.05, 0.1) is 23.2 Å². The average Bonchev–Trinajstić information content (AvgIpc) is 3.29. The largest absolute Gasteiger partial charge is 0.493 e. The van der Waals surface area contributed by atoms with E-state index in [1.807, 2.05) is 0 Å². The molecule has 2 amide bonds. The summed E-state index contributed by atoms with van der Waals surface area (Å²) in [7, 11) is 1.36. The van der Waals surface area contributed by atoms with Gasteiger partial charge in [0.25, 0.3) is 11.8 Å². The van der Waals surface area contributed by atoms with Crippen LogP contribution in [0.1, 0.15) is 25.6 Å².